The Morgan fingerprint density at radius 2 is 1.64 bits per heavy atom. The number of aliphatic carboxylic acids is 1. The molecule has 4 aromatic rings. The van der Waals surface area contributed by atoms with E-state index < -0.39 is 60.9 Å². The van der Waals surface area contributed by atoms with Gasteiger partial charge in [0.2, 0.25) is 23.6 Å². The summed E-state index contributed by atoms with van der Waals surface area (Å²) in [6.07, 6.45) is 1.03. The summed E-state index contributed by atoms with van der Waals surface area (Å²) in [7, 11) is -8.95. The summed E-state index contributed by atoms with van der Waals surface area (Å²) in [5.74, 6) is -1.50. The van der Waals surface area contributed by atoms with E-state index in [0.717, 1.165) is 16.9 Å². The molecule has 3 aromatic heterocycles. The van der Waals surface area contributed by atoms with Crippen LogP contribution in [0.4, 0.5) is 10.7 Å². The molecule has 0 spiro atoms. The number of nitrogens with one attached hydrogen (secondary N) is 2. The Hall–Kier alpha value is -4.84. The van der Waals surface area contributed by atoms with Gasteiger partial charge >= 0.3 is 17.8 Å². The summed E-state index contributed by atoms with van der Waals surface area (Å²) < 4.78 is 83.2. The Labute approximate surface area is 361 Å². The second-order valence-electron chi connectivity index (χ2n) is 13.8. The van der Waals surface area contributed by atoms with E-state index in [1.807, 2.05) is 34.6 Å². The SMILES string of the molecule is CC(C)Oc1cc(-n2nc(C(C)(C)C)oc2=O)c(Cl)cc1Cl.CCS(=O)(=O)c1cccnc1S(=O)(=O)NC(=O)Nc1nc(OC)cc(OC)n1.CP(=O)(O)CCC(N)C(=O)O. The third-order valence-electron chi connectivity index (χ3n) is 7.21. The van der Waals surface area contributed by atoms with Gasteiger partial charge in [-0.05, 0) is 38.5 Å². The summed E-state index contributed by atoms with van der Waals surface area (Å²) in [5.41, 5.74) is 5.07. The number of aromatic nitrogens is 5. The maximum Gasteiger partial charge on any atom is 0.442 e. The van der Waals surface area contributed by atoms with Gasteiger partial charge in [0, 0.05) is 30.5 Å². The number of anilines is 1. The lowest BCUT2D eigenvalue weighted by molar-refractivity contribution is -0.138. The minimum Gasteiger partial charge on any atom is -0.489 e. The first-order valence-corrected chi connectivity index (χ1v) is 23.8. The van der Waals surface area contributed by atoms with E-state index in [1.165, 1.54) is 46.0 Å². The molecule has 2 unspecified atom stereocenters. The summed E-state index contributed by atoms with van der Waals surface area (Å²) in [5, 5.41) is 14.5. The van der Waals surface area contributed by atoms with Gasteiger partial charge < -0.3 is 34.4 Å². The average molecular weight is 958 g/mol. The van der Waals surface area contributed by atoms with E-state index in [-0.39, 0.29) is 52.6 Å². The highest BCUT2D eigenvalue weighted by Crippen LogP contribution is 2.36. The molecule has 0 aliphatic rings. The molecule has 2 amide bonds. The average Bonchev–Trinajstić information content (AvgIpc) is 3.56. The smallest absolute Gasteiger partial charge is 0.442 e. The number of hydrogen-bond acceptors (Lipinski definition) is 17. The van der Waals surface area contributed by atoms with Crippen molar-refractivity contribution in [1.29, 1.82) is 0 Å². The molecule has 338 valence electrons. The monoisotopic (exact) mass is 956 g/mol. The zero-order valence-corrected chi connectivity index (χ0v) is 38.4. The number of carbonyl (C=O) groups excluding carboxylic acids is 1. The van der Waals surface area contributed by atoms with Crippen molar-refractivity contribution in [2.75, 3.05) is 38.1 Å². The summed E-state index contributed by atoms with van der Waals surface area (Å²) >= 11 is 12.3. The van der Waals surface area contributed by atoms with Crippen molar-refractivity contribution in [3.8, 4) is 23.2 Å². The molecular weight excluding hydrogens is 910 g/mol. The minimum absolute atomic E-state index is 0.0412. The van der Waals surface area contributed by atoms with Gasteiger partial charge in [-0.1, -0.05) is 50.9 Å². The topological polar surface area (TPSA) is 324 Å². The number of nitrogens with zero attached hydrogens (tertiary/aromatic N) is 5. The van der Waals surface area contributed by atoms with Gasteiger partial charge in [0.05, 0.1) is 47.9 Å². The van der Waals surface area contributed by atoms with Crippen LogP contribution in [0.5, 0.6) is 17.5 Å². The van der Waals surface area contributed by atoms with Gasteiger partial charge in [0.25, 0.3) is 10.0 Å². The van der Waals surface area contributed by atoms with E-state index in [2.05, 4.69) is 25.4 Å². The van der Waals surface area contributed by atoms with Gasteiger partial charge in [-0.2, -0.15) is 23.1 Å². The molecular formula is C34H47Cl2N8O14PS2. The lowest BCUT2D eigenvalue weighted by Crippen LogP contribution is -2.36. The number of amides is 2. The van der Waals surface area contributed by atoms with Gasteiger partial charge in [0.1, 0.15) is 16.7 Å². The molecule has 0 aliphatic heterocycles. The fourth-order valence-electron chi connectivity index (χ4n) is 4.20. The Morgan fingerprint density at radius 1 is 1.05 bits per heavy atom. The normalized spacial score (nSPS) is 13.0. The highest BCUT2D eigenvalue weighted by Gasteiger charge is 2.29. The molecule has 3 heterocycles. The van der Waals surface area contributed by atoms with E-state index >= 15 is 0 Å². The quantitative estimate of drug-likeness (QED) is 0.111. The molecule has 0 fully saturated rings. The number of benzene rings is 1. The van der Waals surface area contributed by atoms with Gasteiger partial charge in [-0.25, -0.2) is 27.7 Å². The molecule has 0 bridgehead atoms. The predicted octanol–water partition coefficient (Wildman–Crippen LogP) is 4.10. The van der Waals surface area contributed by atoms with Crippen molar-refractivity contribution in [3.63, 3.8) is 0 Å². The third kappa shape index (κ3) is 16.2. The number of sulfonamides is 1. The molecule has 4 rings (SSSR count). The number of carboxylic acid groups (broad SMARTS) is 1. The number of hydrogen-bond donors (Lipinski definition) is 5. The molecule has 0 radical (unpaired) electrons. The molecule has 1 aromatic carbocycles. The molecule has 61 heavy (non-hydrogen) atoms. The van der Waals surface area contributed by atoms with Crippen LogP contribution >= 0.6 is 30.6 Å². The maximum absolute atomic E-state index is 12.5. The second kappa shape index (κ2) is 21.8. The van der Waals surface area contributed by atoms with Crippen LogP contribution in [0.3, 0.4) is 0 Å². The number of methoxy groups -OCH3 is 2. The predicted molar refractivity (Wildman–Crippen MR) is 224 cm³/mol. The van der Waals surface area contributed by atoms with Crippen LogP contribution in [0.25, 0.3) is 5.69 Å². The van der Waals surface area contributed by atoms with Gasteiger partial charge in [-0.3, -0.25) is 14.7 Å². The second-order valence-corrected chi connectivity index (χ2v) is 21.0. The standard InChI is InChI=1S/C15H18Cl2N2O3.C14H17N5O7S2.C5H12NO4P/c1-8(2)21-12-7-11(9(16)6-10(12)17)19-14(20)22-13(18-19)15(3,4)5;1-4-27(21,22)9-6-5-7-15-12(9)28(23,24)19-14(20)18-13-16-10(25-2)8-11(17-13)26-3;1-11(9,10)3-2-4(6)5(7)8/h6-8H,1-5H3;5-8H,4H2,1-3H3,(H2,16,17,18,19,20);4H,2-3,6H2,1H3,(H,7,8)(H,9,10). The lowest BCUT2D eigenvalue weighted by atomic mass is 9.97. The van der Waals surface area contributed by atoms with E-state index in [1.54, 1.807) is 10.8 Å². The first-order valence-electron chi connectivity index (χ1n) is 17.6. The molecule has 0 saturated heterocycles. The number of carboxylic acids is 1. The van der Waals surface area contributed by atoms with Crippen molar-refractivity contribution in [2.45, 2.75) is 75.4 Å². The zero-order valence-electron chi connectivity index (χ0n) is 34.4. The summed E-state index contributed by atoms with van der Waals surface area (Å²) in [4.78, 5) is 53.7. The number of urea groups is 1. The van der Waals surface area contributed by atoms with Crippen LogP contribution in [0.1, 0.15) is 53.9 Å². The van der Waals surface area contributed by atoms with Crippen LogP contribution in [-0.4, -0.2) is 109 Å². The number of rotatable bonds is 14. The lowest BCUT2D eigenvalue weighted by Gasteiger charge is -2.13. The number of ether oxygens (including phenoxy) is 3. The molecule has 27 heteroatoms. The van der Waals surface area contributed by atoms with Crippen molar-refractivity contribution < 1.29 is 59.6 Å². The summed E-state index contributed by atoms with van der Waals surface area (Å²) in [6, 6.07) is 4.55. The van der Waals surface area contributed by atoms with Gasteiger partial charge in [-0.15, -0.1) is 5.10 Å². The third-order valence-corrected chi connectivity index (χ3v) is 12.1. The van der Waals surface area contributed by atoms with Crippen molar-refractivity contribution in [1.82, 2.24) is 29.5 Å². The maximum atomic E-state index is 12.5. The van der Waals surface area contributed by atoms with Crippen LogP contribution < -0.4 is 35.7 Å². The molecule has 0 aliphatic carbocycles. The van der Waals surface area contributed by atoms with E-state index in [4.69, 9.17) is 57.6 Å². The Balaban J connectivity index is 0.000000345. The molecule has 0 saturated carbocycles. The number of sulfone groups is 1. The highest BCUT2D eigenvalue weighted by atomic mass is 35.5. The van der Waals surface area contributed by atoms with Crippen LogP contribution in [0, 0.1) is 0 Å². The Bertz CT molecular complexity index is 2490. The number of carbonyl (C=O) groups is 2. The minimum atomic E-state index is -4.61. The molecule has 2 atom stereocenters. The number of halogens is 2. The highest BCUT2D eigenvalue weighted by molar-refractivity contribution is 7.93. The largest absolute Gasteiger partial charge is 0.489 e. The zero-order chi connectivity index (χ0) is 46.7. The fourth-order valence-corrected chi connectivity index (χ4v) is 8.01. The van der Waals surface area contributed by atoms with Crippen LogP contribution in [0.2, 0.25) is 10.0 Å². The first-order chi connectivity index (χ1) is 28.0. The number of nitrogens with two attached hydrogens (primary N) is 1. The first kappa shape index (κ1) is 52.3. The Kier molecular flexibility index (Phi) is 18.7. The van der Waals surface area contributed by atoms with Crippen molar-refractivity contribution >= 4 is 68.4 Å². The van der Waals surface area contributed by atoms with Crippen LogP contribution in [0.15, 0.2) is 55.7 Å². The molecule has 22 nitrogen and oxygen atoms in total. The number of pyridine rings is 1. The fraction of sp³-hybridized carbons (Fsp3) is 0.441. The van der Waals surface area contributed by atoms with Crippen molar-refractivity contribution in [2.24, 2.45) is 5.73 Å². The van der Waals surface area contributed by atoms with E-state index in [0.29, 0.717) is 22.4 Å². The Morgan fingerprint density at radius 3 is 2.11 bits per heavy atom. The van der Waals surface area contributed by atoms with Gasteiger partial charge in [0.15, 0.2) is 22.2 Å². The molecule has 6 N–H and O–H groups in total. The van der Waals surface area contributed by atoms with Crippen LogP contribution in [-0.2, 0) is 34.6 Å². The summed E-state index contributed by atoms with van der Waals surface area (Å²) in [6.45, 7) is 12.0. The van der Waals surface area contributed by atoms with Crippen molar-refractivity contribution in [3.05, 3.63) is 63.0 Å². The van der Waals surface area contributed by atoms with E-state index in [9.17, 15) is 35.8 Å².